The molecule has 2 aromatic rings. The highest BCUT2D eigenvalue weighted by molar-refractivity contribution is 7.17. The van der Waals surface area contributed by atoms with Gasteiger partial charge in [-0.25, -0.2) is 4.79 Å². The molecule has 0 bridgehead atoms. The Hall–Kier alpha value is -2.58. The number of hydrogen-bond acceptors (Lipinski definition) is 7. The molecule has 156 valence electrons. The second kappa shape index (κ2) is 9.76. The lowest BCUT2D eigenvalue weighted by molar-refractivity contribution is 0.0388. The molecule has 1 aromatic heterocycles. The van der Waals surface area contributed by atoms with Gasteiger partial charge in [-0.15, -0.1) is 11.3 Å². The monoisotopic (exact) mass is 419 g/mol. The molecule has 7 nitrogen and oxygen atoms in total. The summed E-state index contributed by atoms with van der Waals surface area (Å²) >= 11 is 1.45. The number of benzene rings is 1. The van der Waals surface area contributed by atoms with Crippen LogP contribution in [-0.4, -0.2) is 46.4 Å². The zero-order valence-corrected chi connectivity index (χ0v) is 17.6. The van der Waals surface area contributed by atoms with Crippen LogP contribution in [0.4, 0.5) is 5.00 Å². The summed E-state index contributed by atoms with van der Waals surface area (Å²) in [7, 11) is 4.60. The highest BCUT2D eigenvalue weighted by Crippen LogP contribution is 2.39. The molecule has 0 saturated heterocycles. The van der Waals surface area contributed by atoms with Gasteiger partial charge in [-0.05, 0) is 49.4 Å². The summed E-state index contributed by atoms with van der Waals surface area (Å²) < 4.78 is 20.8. The lowest BCUT2D eigenvalue weighted by Gasteiger charge is -2.13. The Kier molecular flexibility index (Phi) is 7.11. The molecule has 0 fully saturated rings. The third-order valence-electron chi connectivity index (χ3n) is 4.77. The van der Waals surface area contributed by atoms with Crippen LogP contribution in [-0.2, 0) is 22.3 Å². The molecule has 29 heavy (non-hydrogen) atoms. The standard InChI is InChI=1S/C21H25NO6S/c1-25-10-11-28-21(24)18-14-6-4-5-7-17(14)29-20(18)22-19(23)13-8-9-15(26-2)16(12-13)27-3/h8-9,12H,4-7,10-11H2,1-3H3,(H,22,23). The van der Waals surface area contributed by atoms with Gasteiger partial charge in [0.1, 0.15) is 11.6 Å². The van der Waals surface area contributed by atoms with Gasteiger partial charge in [0.2, 0.25) is 0 Å². The first-order valence-corrected chi connectivity index (χ1v) is 10.2. The first kappa shape index (κ1) is 21.1. The van der Waals surface area contributed by atoms with Gasteiger partial charge in [-0.1, -0.05) is 0 Å². The van der Waals surface area contributed by atoms with Gasteiger partial charge in [0.05, 0.1) is 26.4 Å². The number of carbonyl (C=O) groups excluding carboxylic acids is 2. The second-order valence-corrected chi connectivity index (χ2v) is 7.67. The number of aryl methyl sites for hydroxylation is 1. The molecule has 0 spiro atoms. The minimum absolute atomic E-state index is 0.170. The summed E-state index contributed by atoms with van der Waals surface area (Å²) in [4.78, 5) is 26.7. The molecule has 0 unspecified atom stereocenters. The summed E-state index contributed by atoms with van der Waals surface area (Å²) in [6.07, 6.45) is 3.82. The Balaban J connectivity index is 1.87. The maximum absolute atomic E-state index is 12.9. The van der Waals surface area contributed by atoms with Crippen LogP contribution >= 0.6 is 11.3 Å². The van der Waals surface area contributed by atoms with E-state index >= 15 is 0 Å². The molecular weight excluding hydrogens is 394 g/mol. The summed E-state index contributed by atoms with van der Waals surface area (Å²) in [6.45, 7) is 0.494. The van der Waals surface area contributed by atoms with Gasteiger partial charge < -0.3 is 24.3 Å². The number of carbonyl (C=O) groups is 2. The maximum Gasteiger partial charge on any atom is 0.341 e. The number of anilines is 1. The zero-order chi connectivity index (χ0) is 20.8. The number of fused-ring (bicyclic) bond motifs is 1. The van der Waals surface area contributed by atoms with Crippen molar-refractivity contribution in [3.8, 4) is 11.5 Å². The van der Waals surface area contributed by atoms with Crippen molar-refractivity contribution in [2.45, 2.75) is 25.7 Å². The highest BCUT2D eigenvalue weighted by Gasteiger charge is 2.27. The average Bonchev–Trinajstić information content (AvgIpc) is 3.11. The number of nitrogens with one attached hydrogen (secondary N) is 1. The minimum atomic E-state index is -0.427. The molecule has 1 N–H and O–H groups in total. The van der Waals surface area contributed by atoms with Crippen LogP contribution < -0.4 is 14.8 Å². The lowest BCUT2D eigenvalue weighted by Crippen LogP contribution is -2.17. The fourth-order valence-corrected chi connectivity index (χ4v) is 4.58. The number of ether oxygens (including phenoxy) is 4. The molecule has 0 atom stereocenters. The average molecular weight is 419 g/mol. The fourth-order valence-electron chi connectivity index (χ4n) is 3.31. The van der Waals surface area contributed by atoms with Gasteiger partial charge in [0.15, 0.2) is 11.5 Å². The summed E-state index contributed by atoms with van der Waals surface area (Å²) in [6, 6.07) is 4.94. The Bertz CT molecular complexity index is 892. The van der Waals surface area contributed by atoms with Crippen LogP contribution in [0.1, 0.15) is 44.0 Å². The van der Waals surface area contributed by atoms with Crippen molar-refractivity contribution in [3.05, 3.63) is 39.8 Å². The van der Waals surface area contributed by atoms with E-state index in [0.29, 0.717) is 34.2 Å². The van der Waals surface area contributed by atoms with Crippen molar-refractivity contribution < 1.29 is 28.5 Å². The molecule has 1 aliphatic rings. The van der Waals surface area contributed by atoms with E-state index in [1.807, 2.05) is 0 Å². The van der Waals surface area contributed by atoms with E-state index in [9.17, 15) is 9.59 Å². The van der Waals surface area contributed by atoms with Gasteiger partial charge in [0, 0.05) is 17.6 Å². The van der Waals surface area contributed by atoms with Crippen LogP contribution in [0.2, 0.25) is 0 Å². The Morgan fingerprint density at radius 1 is 1.03 bits per heavy atom. The number of rotatable bonds is 8. The maximum atomic E-state index is 12.9. The third-order valence-corrected chi connectivity index (χ3v) is 5.98. The summed E-state index contributed by atoms with van der Waals surface area (Å²) in [5, 5.41) is 3.42. The normalized spacial score (nSPS) is 12.8. The highest BCUT2D eigenvalue weighted by atomic mass is 32.1. The number of hydrogen-bond donors (Lipinski definition) is 1. The molecule has 3 rings (SSSR count). The molecule has 0 saturated carbocycles. The van der Waals surface area contributed by atoms with Crippen LogP contribution in [0, 0.1) is 0 Å². The van der Waals surface area contributed by atoms with E-state index in [1.165, 1.54) is 25.6 Å². The molecule has 8 heteroatoms. The van der Waals surface area contributed by atoms with Crippen molar-refractivity contribution in [2.24, 2.45) is 0 Å². The molecule has 1 aromatic carbocycles. The molecule has 1 amide bonds. The largest absolute Gasteiger partial charge is 0.493 e. The Morgan fingerprint density at radius 2 is 1.79 bits per heavy atom. The van der Waals surface area contributed by atoms with E-state index in [2.05, 4.69) is 5.32 Å². The molecule has 1 aliphatic carbocycles. The van der Waals surface area contributed by atoms with Gasteiger partial charge in [-0.2, -0.15) is 0 Å². The van der Waals surface area contributed by atoms with Crippen molar-refractivity contribution >= 4 is 28.2 Å². The smallest absolute Gasteiger partial charge is 0.341 e. The summed E-state index contributed by atoms with van der Waals surface area (Å²) in [5.74, 6) is 0.252. The molecular formula is C21H25NO6S. The Labute approximate surface area is 173 Å². The second-order valence-electron chi connectivity index (χ2n) is 6.57. The minimum Gasteiger partial charge on any atom is -0.493 e. The lowest BCUT2D eigenvalue weighted by atomic mass is 9.95. The number of methoxy groups -OCH3 is 3. The predicted octanol–water partition coefficient (Wildman–Crippen LogP) is 3.70. The molecule has 1 heterocycles. The first-order chi connectivity index (χ1) is 14.1. The van der Waals surface area contributed by atoms with Gasteiger partial charge >= 0.3 is 5.97 Å². The van der Waals surface area contributed by atoms with Crippen LogP contribution in [0.5, 0.6) is 11.5 Å². The number of amides is 1. The Morgan fingerprint density at radius 3 is 2.52 bits per heavy atom. The quantitative estimate of drug-likeness (QED) is 0.519. The third kappa shape index (κ3) is 4.71. The number of thiophene rings is 1. The zero-order valence-electron chi connectivity index (χ0n) is 16.8. The van der Waals surface area contributed by atoms with Crippen molar-refractivity contribution in [2.75, 3.05) is 39.9 Å². The fraction of sp³-hybridized carbons (Fsp3) is 0.429. The van der Waals surface area contributed by atoms with Crippen molar-refractivity contribution in [1.82, 2.24) is 0 Å². The van der Waals surface area contributed by atoms with Crippen LogP contribution in [0.25, 0.3) is 0 Å². The van der Waals surface area contributed by atoms with Crippen LogP contribution in [0.3, 0.4) is 0 Å². The molecule has 0 aliphatic heterocycles. The van der Waals surface area contributed by atoms with E-state index < -0.39 is 5.97 Å². The van der Waals surface area contributed by atoms with E-state index in [1.54, 1.807) is 25.3 Å². The van der Waals surface area contributed by atoms with E-state index in [-0.39, 0.29) is 12.5 Å². The van der Waals surface area contributed by atoms with Crippen LogP contribution in [0.15, 0.2) is 18.2 Å². The summed E-state index contributed by atoms with van der Waals surface area (Å²) in [5.41, 5.74) is 1.87. The van der Waals surface area contributed by atoms with E-state index in [0.717, 1.165) is 36.1 Å². The van der Waals surface area contributed by atoms with Crippen molar-refractivity contribution in [3.63, 3.8) is 0 Å². The number of esters is 1. The van der Waals surface area contributed by atoms with Gasteiger partial charge in [-0.3, -0.25) is 4.79 Å². The van der Waals surface area contributed by atoms with Gasteiger partial charge in [0.25, 0.3) is 5.91 Å². The van der Waals surface area contributed by atoms with Crippen molar-refractivity contribution in [1.29, 1.82) is 0 Å². The predicted molar refractivity (Wildman–Crippen MR) is 111 cm³/mol. The first-order valence-electron chi connectivity index (χ1n) is 9.43. The van der Waals surface area contributed by atoms with E-state index in [4.69, 9.17) is 18.9 Å². The topological polar surface area (TPSA) is 83.1 Å². The SMILES string of the molecule is COCCOC(=O)c1c(NC(=O)c2ccc(OC)c(OC)c2)sc2c1CCCC2. The molecule has 0 radical (unpaired) electrons.